The van der Waals surface area contributed by atoms with Gasteiger partial charge in [0.05, 0.1) is 5.56 Å². The maximum Gasteiger partial charge on any atom is 0.163 e. The second-order valence-electron chi connectivity index (χ2n) is 2.07. The zero-order chi connectivity index (χ0) is 7.56. The predicted molar refractivity (Wildman–Crippen MR) is 43.1 cm³/mol. The first kappa shape index (κ1) is 9.65. The summed E-state index contributed by atoms with van der Waals surface area (Å²) < 4.78 is 0. The van der Waals surface area contributed by atoms with Gasteiger partial charge in [0.2, 0.25) is 0 Å². The normalized spacial score (nSPS) is 8.45. The van der Waals surface area contributed by atoms with Gasteiger partial charge in [-0.2, -0.15) is 0 Å². The lowest BCUT2D eigenvalue weighted by Crippen LogP contribution is -1.90. The van der Waals surface area contributed by atoms with Crippen LogP contribution in [0.1, 0.15) is 17.3 Å². The highest BCUT2D eigenvalue weighted by atomic mass is 16.3. The molecule has 0 aliphatic carbocycles. The number of benzene rings is 1. The SMILES string of the molecule is CC(=O)c1ccccc1O.N. The van der Waals surface area contributed by atoms with E-state index in [4.69, 9.17) is 5.11 Å². The molecule has 0 spiro atoms. The van der Waals surface area contributed by atoms with Gasteiger partial charge in [0.25, 0.3) is 0 Å². The molecule has 0 unspecified atom stereocenters. The average molecular weight is 153 g/mol. The van der Waals surface area contributed by atoms with Crippen LogP contribution in [0.4, 0.5) is 0 Å². The number of ketones is 1. The number of carbonyl (C=O) groups is 1. The molecule has 0 fully saturated rings. The second-order valence-corrected chi connectivity index (χ2v) is 2.07. The van der Waals surface area contributed by atoms with Gasteiger partial charge in [-0.3, -0.25) is 4.79 Å². The van der Waals surface area contributed by atoms with Gasteiger partial charge in [-0.25, -0.2) is 0 Å². The molecular formula is C8H11NO2. The molecule has 0 heterocycles. The molecule has 1 aromatic rings. The van der Waals surface area contributed by atoms with Gasteiger partial charge in [-0.15, -0.1) is 0 Å². The van der Waals surface area contributed by atoms with E-state index in [1.165, 1.54) is 13.0 Å². The molecule has 0 saturated heterocycles. The van der Waals surface area contributed by atoms with Crippen molar-refractivity contribution in [3.63, 3.8) is 0 Å². The average Bonchev–Trinajstić information content (AvgIpc) is 1.88. The highest BCUT2D eigenvalue weighted by molar-refractivity contribution is 5.96. The first-order valence-electron chi connectivity index (χ1n) is 3.01. The summed E-state index contributed by atoms with van der Waals surface area (Å²) in [7, 11) is 0. The molecule has 0 amide bonds. The van der Waals surface area contributed by atoms with E-state index in [1.807, 2.05) is 0 Å². The zero-order valence-corrected chi connectivity index (χ0v) is 6.37. The molecule has 1 aromatic carbocycles. The number of carbonyl (C=O) groups excluding carboxylic acids is 1. The zero-order valence-electron chi connectivity index (χ0n) is 6.37. The molecule has 0 bridgehead atoms. The quantitative estimate of drug-likeness (QED) is 0.604. The van der Waals surface area contributed by atoms with E-state index in [0.29, 0.717) is 5.56 Å². The molecule has 11 heavy (non-hydrogen) atoms. The summed E-state index contributed by atoms with van der Waals surface area (Å²) in [6.45, 7) is 1.43. The van der Waals surface area contributed by atoms with Crippen LogP contribution in [0.5, 0.6) is 5.75 Å². The largest absolute Gasteiger partial charge is 0.507 e. The van der Waals surface area contributed by atoms with Crippen molar-refractivity contribution >= 4 is 5.78 Å². The van der Waals surface area contributed by atoms with E-state index < -0.39 is 0 Å². The van der Waals surface area contributed by atoms with E-state index in [2.05, 4.69) is 0 Å². The molecular weight excluding hydrogens is 142 g/mol. The van der Waals surface area contributed by atoms with Gasteiger partial charge in [-0.05, 0) is 19.1 Å². The summed E-state index contributed by atoms with van der Waals surface area (Å²) in [5, 5.41) is 9.06. The summed E-state index contributed by atoms with van der Waals surface area (Å²) in [6, 6.07) is 6.49. The van der Waals surface area contributed by atoms with Crippen LogP contribution in [0, 0.1) is 0 Å². The molecule has 0 radical (unpaired) electrons. The van der Waals surface area contributed by atoms with Crippen molar-refractivity contribution in [1.29, 1.82) is 0 Å². The Balaban J connectivity index is 0.000001000. The third kappa shape index (κ3) is 2.05. The monoisotopic (exact) mass is 153 g/mol. The summed E-state index contributed by atoms with van der Waals surface area (Å²) in [5.41, 5.74) is 0.377. The van der Waals surface area contributed by atoms with Crippen LogP contribution in [-0.4, -0.2) is 10.9 Å². The first-order valence-corrected chi connectivity index (χ1v) is 3.01. The van der Waals surface area contributed by atoms with Gasteiger partial charge in [-0.1, -0.05) is 12.1 Å². The Morgan fingerprint density at radius 2 is 1.91 bits per heavy atom. The molecule has 0 aliphatic rings. The third-order valence-corrected chi connectivity index (χ3v) is 1.28. The highest BCUT2D eigenvalue weighted by Gasteiger charge is 2.02. The fraction of sp³-hybridized carbons (Fsp3) is 0.125. The fourth-order valence-electron chi connectivity index (χ4n) is 0.771. The van der Waals surface area contributed by atoms with Gasteiger partial charge in [0, 0.05) is 0 Å². The minimum absolute atomic E-state index is 0. The van der Waals surface area contributed by atoms with Gasteiger partial charge in [0.15, 0.2) is 5.78 Å². The van der Waals surface area contributed by atoms with Crippen LogP contribution >= 0.6 is 0 Å². The second kappa shape index (κ2) is 3.73. The Hall–Kier alpha value is -1.35. The third-order valence-electron chi connectivity index (χ3n) is 1.28. The lowest BCUT2D eigenvalue weighted by Gasteiger charge is -1.96. The number of para-hydroxylation sites is 1. The first-order chi connectivity index (χ1) is 4.72. The molecule has 0 atom stereocenters. The Kier molecular flexibility index (Phi) is 3.27. The molecule has 0 saturated carbocycles. The Labute approximate surface area is 65.3 Å². The molecule has 1 rings (SSSR count). The highest BCUT2D eigenvalue weighted by Crippen LogP contribution is 2.15. The van der Waals surface area contributed by atoms with Crippen LogP contribution < -0.4 is 6.15 Å². The van der Waals surface area contributed by atoms with E-state index in [0.717, 1.165) is 0 Å². The van der Waals surface area contributed by atoms with Crippen LogP contribution in [0.15, 0.2) is 24.3 Å². The smallest absolute Gasteiger partial charge is 0.163 e. The molecule has 3 nitrogen and oxygen atoms in total. The molecule has 3 heteroatoms. The number of phenols is 1. The number of Topliss-reactive ketones (excluding diaryl/α,β-unsaturated/α-hetero) is 1. The standard InChI is InChI=1S/C8H8O2.H3N/c1-6(9)7-4-2-3-5-8(7)10;/h2-5,10H,1H3;1H3. The summed E-state index contributed by atoms with van der Waals surface area (Å²) in [6.07, 6.45) is 0. The summed E-state index contributed by atoms with van der Waals surface area (Å²) in [4.78, 5) is 10.7. The minimum atomic E-state index is -0.113. The van der Waals surface area contributed by atoms with Crippen LogP contribution in [-0.2, 0) is 0 Å². The van der Waals surface area contributed by atoms with Crippen molar-refractivity contribution in [3.05, 3.63) is 29.8 Å². The van der Waals surface area contributed by atoms with E-state index in [-0.39, 0.29) is 17.7 Å². The summed E-state index contributed by atoms with van der Waals surface area (Å²) >= 11 is 0. The van der Waals surface area contributed by atoms with E-state index in [9.17, 15) is 4.79 Å². The number of phenolic OH excluding ortho intramolecular Hbond substituents is 1. The molecule has 0 aromatic heterocycles. The van der Waals surface area contributed by atoms with Crippen molar-refractivity contribution in [2.24, 2.45) is 0 Å². The maximum absolute atomic E-state index is 10.7. The summed E-state index contributed by atoms with van der Waals surface area (Å²) in [5.74, 6) is -0.0619. The van der Waals surface area contributed by atoms with Crippen molar-refractivity contribution < 1.29 is 9.90 Å². The van der Waals surface area contributed by atoms with E-state index in [1.54, 1.807) is 18.2 Å². The van der Waals surface area contributed by atoms with E-state index >= 15 is 0 Å². The number of hydrogen-bond acceptors (Lipinski definition) is 3. The number of hydrogen-bond donors (Lipinski definition) is 2. The van der Waals surface area contributed by atoms with Crippen molar-refractivity contribution in [2.45, 2.75) is 6.92 Å². The lowest BCUT2D eigenvalue weighted by molar-refractivity contribution is 0.101. The Morgan fingerprint density at radius 1 is 1.36 bits per heavy atom. The van der Waals surface area contributed by atoms with Crippen molar-refractivity contribution in [2.75, 3.05) is 0 Å². The van der Waals surface area contributed by atoms with Gasteiger partial charge in [0.1, 0.15) is 5.75 Å². The Morgan fingerprint density at radius 3 is 2.27 bits per heavy atom. The Bertz CT molecular complexity index is 258. The van der Waals surface area contributed by atoms with Crippen LogP contribution in [0.25, 0.3) is 0 Å². The predicted octanol–water partition coefficient (Wildman–Crippen LogP) is 1.76. The van der Waals surface area contributed by atoms with Gasteiger partial charge >= 0.3 is 0 Å². The molecule has 0 aliphatic heterocycles. The van der Waals surface area contributed by atoms with Crippen molar-refractivity contribution in [1.82, 2.24) is 6.15 Å². The fourth-order valence-corrected chi connectivity index (χ4v) is 0.771. The minimum Gasteiger partial charge on any atom is -0.507 e. The molecule has 4 N–H and O–H groups in total. The number of rotatable bonds is 1. The van der Waals surface area contributed by atoms with Crippen LogP contribution in [0.3, 0.4) is 0 Å². The topological polar surface area (TPSA) is 72.3 Å². The van der Waals surface area contributed by atoms with Crippen molar-refractivity contribution in [3.8, 4) is 5.75 Å². The number of aromatic hydroxyl groups is 1. The van der Waals surface area contributed by atoms with Crippen LogP contribution in [0.2, 0.25) is 0 Å². The lowest BCUT2D eigenvalue weighted by atomic mass is 10.1. The van der Waals surface area contributed by atoms with Gasteiger partial charge < -0.3 is 11.3 Å². The maximum atomic E-state index is 10.7. The molecule has 60 valence electrons.